The molecule has 0 fully saturated rings. The SMILES string of the molecule is CS(=O)(=O)c1ccc(F)c(N=C(N)CCl)c1. The molecule has 0 aliphatic rings. The molecule has 2 N–H and O–H groups in total. The lowest BCUT2D eigenvalue weighted by Gasteiger charge is -2.02. The molecule has 1 aromatic rings. The highest BCUT2D eigenvalue weighted by Gasteiger charge is 2.10. The molecule has 4 nitrogen and oxygen atoms in total. The van der Waals surface area contributed by atoms with Gasteiger partial charge in [0.05, 0.1) is 10.8 Å². The molecule has 0 aromatic heterocycles. The van der Waals surface area contributed by atoms with Gasteiger partial charge in [-0.05, 0) is 18.2 Å². The molecule has 0 saturated heterocycles. The third-order valence-electron chi connectivity index (χ3n) is 1.75. The predicted molar refractivity (Wildman–Crippen MR) is 61.5 cm³/mol. The van der Waals surface area contributed by atoms with Crippen LogP contribution in [-0.2, 0) is 9.84 Å². The molecule has 0 aliphatic heterocycles. The van der Waals surface area contributed by atoms with Crippen LogP contribution in [0.25, 0.3) is 0 Å². The summed E-state index contributed by atoms with van der Waals surface area (Å²) < 4.78 is 35.7. The summed E-state index contributed by atoms with van der Waals surface area (Å²) in [5.74, 6) is -0.686. The van der Waals surface area contributed by atoms with E-state index in [1.165, 1.54) is 6.07 Å². The van der Waals surface area contributed by atoms with Gasteiger partial charge < -0.3 is 5.73 Å². The van der Waals surface area contributed by atoms with Crippen LogP contribution in [0.5, 0.6) is 0 Å². The van der Waals surface area contributed by atoms with Crippen molar-refractivity contribution < 1.29 is 12.8 Å². The topological polar surface area (TPSA) is 72.5 Å². The van der Waals surface area contributed by atoms with Gasteiger partial charge in [-0.1, -0.05) is 0 Å². The van der Waals surface area contributed by atoms with Crippen molar-refractivity contribution in [3.63, 3.8) is 0 Å². The average molecular weight is 265 g/mol. The molecule has 0 amide bonds. The highest BCUT2D eigenvalue weighted by atomic mass is 35.5. The number of rotatable bonds is 3. The Labute approximate surface area is 97.9 Å². The van der Waals surface area contributed by atoms with Gasteiger partial charge in [-0.25, -0.2) is 17.8 Å². The van der Waals surface area contributed by atoms with Crippen molar-refractivity contribution in [3.8, 4) is 0 Å². The van der Waals surface area contributed by atoms with Crippen molar-refractivity contribution in [2.75, 3.05) is 12.1 Å². The molecule has 16 heavy (non-hydrogen) atoms. The molecule has 88 valence electrons. The molecule has 0 heterocycles. The smallest absolute Gasteiger partial charge is 0.175 e. The van der Waals surface area contributed by atoms with Crippen molar-refractivity contribution in [1.82, 2.24) is 0 Å². The average Bonchev–Trinajstić information content (AvgIpc) is 2.19. The number of nitrogens with two attached hydrogens (primary N) is 1. The molecular weight excluding hydrogens is 255 g/mol. The third-order valence-corrected chi connectivity index (χ3v) is 3.13. The van der Waals surface area contributed by atoms with Crippen LogP contribution in [0.2, 0.25) is 0 Å². The Bertz CT molecular complexity index is 528. The summed E-state index contributed by atoms with van der Waals surface area (Å²) in [5.41, 5.74) is 5.20. The number of alkyl halides is 1. The van der Waals surface area contributed by atoms with E-state index in [0.29, 0.717) is 0 Å². The Hall–Kier alpha value is -1.14. The van der Waals surface area contributed by atoms with Crippen molar-refractivity contribution >= 4 is 33.0 Å². The number of sulfone groups is 1. The van der Waals surface area contributed by atoms with E-state index in [9.17, 15) is 12.8 Å². The van der Waals surface area contributed by atoms with Crippen LogP contribution in [0.3, 0.4) is 0 Å². The second kappa shape index (κ2) is 4.80. The van der Waals surface area contributed by atoms with E-state index >= 15 is 0 Å². The fraction of sp³-hybridized carbons (Fsp3) is 0.222. The molecule has 1 rings (SSSR count). The zero-order valence-corrected chi connectivity index (χ0v) is 10.0. The van der Waals surface area contributed by atoms with Gasteiger partial charge in [-0.3, -0.25) is 0 Å². The number of benzene rings is 1. The van der Waals surface area contributed by atoms with Crippen molar-refractivity contribution in [1.29, 1.82) is 0 Å². The zero-order valence-electron chi connectivity index (χ0n) is 8.44. The van der Waals surface area contributed by atoms with Crippen molar-refractivity contribution in [3.05, 3.63) is 24.0 Å². The second-order valence-corrected chi connectivity index (χ2v) is 5.41. The molecule has 0 bridgehead atoms. The summed E-state index contributed by atoms with van der Waals surface area (Å²) in [4.78, 5) is 3.66. The van der Waals surface area contributed by atoms with Crippen LogP contribution in [0.4, 0.5) is 10.1 Å². The van der Waals surface area contributed by atoms with Crippen molar-refractivity contribution in [2.45, 2.75) is 4.90 Å². The Kier molecular flexibility index (Phi) is 3.88. The maximum Gasteiger partial charge on any atom is 0.175 e. The summed E-state index contributed by atoms with van der Waals surface area (Å²) in [6, 6.07) is 3.31. The van der Waals surface area contributed by atoms with E-state index < -0.39 is 15.7 Å². The van der Waals surface area contributed by atoms with Crippen LogP contribution in [0.1, 0.15) is 0 Å². The molecular formula is C9H10ClFN2O2S. The fourth-order valence-corrected chi connectivity index (χ4v) is 1.69. The molecule has 0 unspecified atom stereocenters. The molecule has 1 aromatic carbocycles. The van der Waals surface area contributed by atoms with E-state index in [4.69, 9.17) is 17.3 Å². The summed E-state index contributed by atoms with van der Waals surface area (Å²) in [6.45, 7) is 0. The number of halogens is 2. The van der Waals surface area contributed by atoms with Crippen LogP contribution in [0, 0.1) is 5.82 Å². The van der Waals surface area contributed by atoms with Crippen LogP contribution in [-0.4, -0.2) is 26.4 Å². The number of hydrogen-bond donors (Lipinski definition) is 1. The maximum absolute atomic E-state index is 13.3. The lowest BCUT2D eigenvalue weighted by molar-refractivity contribution is 0.600. The van der Waals surface area contributed by atoms with Crippen LogP contribution < -0.4 is 5.73 Å². The van der Waals surface area contributed by atoms with Gasteiger partial charge in [-0.2, -0.15) is 0 Å². The van der Waals surface area contributed by atoms with Crippen LogP contribution in [0.15, 0.2) is 28.1 Å². The third kappa shape index (κ3) is 3.18. The first kappa shape index (κ1) is 12.9. The Morgan fingerprint density at radius 2 is 2.19 bits per heavy atom. The summed E-state index contributed by atoms with van der Waals surface area (Å²) in [6.07, 6.45) is 1.03. The first-order valence-electron chi connectivity index (χ1n) is 4.23. The van der Waals surface area contributed by atoms with E-state index in [2.05, 4.69) is 4.99 Å². The summed E-state index contributed by atoms with van der Waals surface area (Å²) >= 11 is 5.39. The second-order valence-electron chi connectivity index (χ2n) is 3.12. The normalized spacial score (nSPS) is 12.8. The zero-order chi connectivity index (χ0) is 12.3. The minimum absolute atomic E-state index is 0.0185. The standard InChI is InChI=1S/C9H10ClFN2O2S/c1-16(14,15)6-2-3-7(11)8(4-6)13-9(12)5-10/h2-4H,5H2,1H3,(H2,12,13). The number of hydrogen-bond acceptors (Lipinski definition) is 3. The maximum atomic E-state index is 13.3. The fourth-order valence-electron chi connectivity index (χ4n) is 0.993. The van der Waals surface area contributed by atoms with E-state index in [1.807, 2.05) is 0 Å². The lowest BCUT2D eigenvalue weighted by atomic mass is 10.3. The van der Waals surface area contributed by atoms with Crippen LogP contribution >= 0.6 is 11.6 Å². The van der Waals surface area contributed by atoms with E-state index in [0.717, 1.165) is 18.4 Å². The highest BCUT2D eigenvalue weighted by Crippen LogP contribution is 2.22. The van der Waals surface area contributed by atoms with E-state index in [-0.39, 0.29) is 22.3 Å². The predicted octanol–water partition coefficient (Wildman–Crippen LogP) is 1.46. The lowest BCUT2D eigenvalue weighted by Crippen LogP contribution is -2.12. The molecule has 0 spiro atoms. The Morgan fingerprint density at radius 3 is 2.69 bits per heavy atom. The van der Waals surface area contributed by atoms with Gasteiger partial charge >= 0.3 is 0 Å². The van der Waals surface area contributed by atoms with Gasteiger partial charge in [0.1, 0.15) is 17.3 Å². The monoisotopic (exact) mass is 264 g/mol. The van der Waals surface area contributed by atoms with Gasteiger partial charge in [-0.15, -0.1) is 11.6 Å². The van der Waals surface area contributed by atoms with Crippen molar-refractivity contribution in [2.24, 2.45) is 10.7 Å². The largest absolute Gasteiger partial charge is 0.386 e. The number of aliphatic imine (C=N–C) groups is 1. The molecule has 0 saturated carbocycles. The Morgan fingerprint density at radius 1 is 1.56 bits per heavy atom. The minimum Gasteiger partial charge on any atom is -0.386 e. The number of amidine groups is 1. The summed E-state index contributed by atoms with van der Waals surface area (Å²) in [7, 11) is -3.39. The first-order valence-corrected chi connectivity index (χ1v) is 6.66. The Balaban J connectivity index is 3.30. The van der Waals surface area contributed by atoms with Gasteiger partial charge in [0.15, 0.2) is 9.84 Å². The molecule has 7 heteroatoms. The quantitative estimate of drug-likeness (QED) is 0.389. The molecule has 0 radical (unpaired) electrons. The number of nitrogens with zero attached hydrogens (tertiary/aromatic N) is 1. The van der Waals surface area contributed by atoms with Gasteiger partial charge in [0.2, 0.25) is 0 Å². The first-order chi connectivity index (χ1) is 7.34. The van der Waals surface area contributed by atoms with Gasteiger partial charge in [0, 0.05) is 6.26 Å². The highest BCUT2D eigenvalue weighted by molar-refractivity contribution is 7.90. The van der Waals surface area contributed by atoms with E-state index in [1.54, 1.807) is 0 Å². The minimum atomic E-state index is -3.39. The molecule has 0 aliphatic carbocycles. The summed E-state index contributed by atoms with van der Waals surface area (Å²) in [5, 5.41) is 0. The molecule has 0 atom stereocenters. The van der Waals surface area contributed by atoms with Gasteiger partial charge in [0.25, 0.3) is 0 Å².